The van der Waals surface area contributed by atoms with Crippen molar-refractivity contribution in [2.75, 3.05) is 13.2 Å². The maximum atomic E-state index is 12.7. The molecule has 31 heavy (non-hydrogen) atoms. The number of aliphatic hydroxyl groups excluding tert-OH is 1. The monoisotopic (exact) mass is 447 g/mol. The highest BCUT2D eigenvalue weighted by molar-refractivity contribution is 6.31. The first-order valence-corrected chi connectivity index (χ1v) is 11.1. The minimum atomic E-state index is -1.03. The van der Waals surface area contributed by atoms with Gasteiger partial charge in [-0.3, -0.25) is 4.79 Å². The van der Waals surface area contributed by atoms with Gasteiger partial charge >= 0.3 is 0 Å². The van der Waals surface area contributed by atoms with Gasteiger partial charge in [-0.1, -0.05) is 43.6 Å². The van der Waals surface area contributed by atoms with Crippen molar-refractivity contribution in [2.45, 2.75) is 65.0 Å². The zero-order valence-electron chi connectivity index (χ0n) is 19.0. The standard InChI is InChI=1S/C25H34ClNO4/c1-6-31-19-10-11-23(26)17(12-19)13-24(29)27-18(15-28)14-21-20(16(2)3)8-7-9-22(21)25(4,5)30/h7-12,16,18,28,30H,6,13-15H2,1-5H3,(H,27,29). The minimum absolute atomic E-state index is 0.0838. The Kier molecular flexibility index (Phi) is 8.92. The Morgan fingerprint density at radius 1 is 1.23 bits per heavy atom. The van der Waals surface area contributed by atoms with Gasteiger partial charge in [0.2, 0.25) is 5.91 Å². The van der Waals surface area contributed by atoms with Gasteiger partial charge < -0.3 is 20.3 Å². The van der Waals surface area contributed by atoms with Crippen LogP contribution in [0.1, 0.15) is 62.8 Å². The van der Waals surface area contributed by atoms with Crippen LogP contribution < -0.4 is 10.1 Å². The van der Waals surface area contributed by atoms with Crippen molar-refractivity contribution in [2.24, 2.45) is 0 Å². The average Bonchev–Trinajstić information content (AvgIpc) is 2.69. The van der Waals surface area contributed by atoms with Crippen LogP contribution in [-0.2, 0) is 23.2 Å². The first-order valence-electron chi connectivity index (χ1n) is 10.7. The summed E-state index contributed by atoms with van der Waals surface area (Å²) >= 11 is 6.25. The molecule has 0 bridgehead atoms. The molecule has 1 amide bonds. The predicted octanol–water partition coefficient (Wildman–Crippen LogP) is 4.35. The number of carbonyl (C=O) groups excluding carboxylic acids is 1. The summed E-state index contributed by atoms with van der Waals surface area (Å²) in [6.07, 6.45) is 0.503. The Labute approximate surface area is 190 Å². The lowest BCUT2D eigenvalue weighted by molar-refractivity contribution is -0.121. The molecule has 0 aliphatic carbocycles. The van der Waals surface area contributed by atoms with E-state index < -0.39 is 11.6 Å². The molecule has 2 aromatic rings. The molecule has 0 saturated carbocycles. The van der Waals surface area contributed by atoms with Crippen molar-refractivity contribution >= 4 is 17.5 Å². The van der Waals surface area contributed by atoms with Gasteiger partial charge in [-0.2, -0.15) is 0 Å². The van der Waals surface area contributed by atoms with Gasteiger partial charge in [-0.05, 0) is 73.6 Å². The summed E-state index contributed by atoms with van der Waals surface area (Å²) in [5.41, 5.74) is 2.50. The Morgan fingerprint density at radius 2 is 1.94 bits per heavy atom. The summed E-state index contributed by atoms with van der Waals surface area (Å²) in [7, 11) is 0. The molecular formula is C25H34ClNO4. The molecule has 1 atom stereocenters. The van der Waals surface area contributed by atoms with Gasteiger partial charge in [0, 0.05) is 5.02 Å². The van der Waals surface area contributed by atoms with E-state index in [4.69, 9.17) is 16.3 Å². The topological polar surface area (TPSA) is 78.8 Å². The molecule has 0 aliphatic rings. The summed E-state index contributed by atoms with van der Waals surface area (Å²) in [4.78, 5) is 12.7. The Morgan fingerprint density at radius 3 is 2.52 bits per heavy atom. The van der Waals surface area contributed by atoms with E-state index in [1.54, 1.807) is 32.0 Å². The summed E-state index contributed by atoms with van der Waals surface area (Å²) in [5, 5.41) is 24.0. The molecule has 0 heterocycles. The van der Waals surface area contributed by atoms with Crippen molar-refractivity contribution in [3.63, 3.8) is 0 Å². The quantitative estimate of drug-likeness (QED) is 0.505. The molecule has 3 N–H and O–H groups in total. The van der Waals surface area contributed by atoms with E-state index in [0.29, 0.717) is 29.4 Å². The van der Waals surface area contributed by atoms with E-state index in [0.717, 1.165) is 16.7 Å². The van der Waals surface area contributed by atoms with E-state index in [1.165, 1.54) is 0 Å². The van der Waals surface area contributed by atoms with Crippen LogP contribution >= 0.6 is 11.6 Å². The summed E-state index contributed by atoms with van der Waals surface area (Å²) in [6, 6.07) is 10.6. The maximum Gasteiger partial charge on any atom is 0.224 e. The lowest BCUT2D eigenvalue weighted by atomic mass is 9.84. The van der Waals surface area contributed by atoms with Gasteiger partial charge in [-0.15, -0.1) is 0 Å². The minimum Gasteiger partial charge on any atom is -0.494 e. The van der Waals surface area contributed by atoms with Crippen LogP contribution in [0, 0.1) is 0 Å². The van der Waals surface area contributed by atoms with Crippen LogP contribution in [0.25, 0.3) is 0 Å². The lowest BCUT2D eigenvalue weighted by Crippen LogP contribution is -2.40. The number of benzene rings is 2. The molecule has 170 valence electrons. The molecule has 2 rings (SSSR count). The normalized spacial score (nSPS) is 12.7. The molecule has 0 spiro atoms. The molecule has 0 radical (unpaired) electrons. The molecule has 2 aromatic carbocycles. The molecule has 1 unspecified atom stereocenters. The number of aliphatic hydroxyl groups is 2. The Hall–Kier alpha value is -2.08. The maximum absolute atomic E-state index is 12.7. The average molecular weight is 448 g/mol. The predicted molar refractivity (Wildman–Crippen MR) is 125 cm³/mol. The van der Waals surface area contributed by atoms with Crippen LogP contribution in [0.2, 0.25) is 5.02 Å². The van der Waals surface area contributed by atoms with E-state index in [-0.39, 0.29) is 24.9 Å². The first-order chi connectivity index (χ1) is 14.6. The highest BCUT2D eigenvalue weighted by atomic mass is 35.5. The fourth-order valence-corrected chi connectivity index (χ4v) is 3.93. The van der Waals surface area contributed by atoms with Crippen LogP contribution in [0.5, 0.6) is 5.75 Å². The molecule has 0 aliphatic heterocycles. The zero-order valence-corrected chi connectivity index (χ0v) is 19.8. The number of carbonyl (C=O) groups is 1. The first kappa shape index (κ1) is 25.2. The molecular weight excluding hydrogens is 414 g/mol. The summed E-state index contributed by atoms with van der Waals surface area (Å²) in [6.45, 7) is 9.88. The second-order valence-electron chi connectivity index (χ2n) is 8.60. The van der Waals surface area contributed by atoms with E-state index >= 15 is 0 Å². The largest absolute Gasteiger partial charge is 0.494 e. The Bertz CT molecular complexity index is 890. The second-order valence-corrected chi connectivity index (χ2v) is 9.01. The smallest absolute Gasteiger partial charge is 0.224 e. The summed E-state index contributed by atoms with van der Waals surface area (Å²) in [5.74, 6) is 0.669. The number of hydrogen-bond acceptors (Lipinski definition) is 4. The van der Waals surface area contributed by atoms with Crippen molar-refractivity contribution in [3.8, 4) is 5.75 Å². The number of ether oxygens (including phenoxy) is 1. The van der Waals surface area contributed by atoms with Crippen LogP contribution in [0.4, 0.5) is 0 Å². The third-order valence-electron chi connectivity index (χ3n) is 5.21. The van der Waals surface area contributed by atoms with E-state index in [1.807, 2.05) is 25.1 Å². The number of halogens is 1. The molecule has 5 nitrogen and oxygen atoms in total. The third kappa shape index (κ3) is 6.96. The zero-order chi connectivity index (χ0) is 23.2. The van der Waals surface area contributed by atoms with Gasteiger partial charge in [0.15, 0.2) is 0 Å². The fourth-order valence-electron chi connectivity index (χ4n) is 3.75. The van der Waals surface area contributed by atoms with Crippen molar-refractivity contribution in [1.82, 2.24) is 5.32 Å². The number of rotatable bonds is 10. The van der Waals surface area contributed by atoms with Crippen molar-refractivity contribution in [1.29, 1.82) is 0 Å². The lowest BCUT2D eigenvalue weighted by Gasteiger charge is -2.27. The third-order valence-corrected chi connectivity index (χ3v) is 5.58. The molecule has 0 saturated heterocycles. The van der Waals surface area contributed by atoms with E-state index in [2.05, 4.69) is 19.2 Å². The van der Waals surface area contributed by atoms with Crippen LogP contribution in [0.3, 0.4) is 0 Å². The fraction of sp³-hybridized carbons (Fsp3) is 0.480. The molecule has 0 fully saturated rings. The number of nitrogens with one attached hydrogen (secondary N) is 1. The van der Waals surface area contributed by atoms with E-state index in [9.17, 15) is 15.0 Å². The second kappa shape index (κ2) is 11.0. The molecule has 6 heteroatoms. The van der Waals surface area contributed by atoms with Crippen LogP contribution in [0.15, 0.2) is 36.4 Å². The van der Waals surface area contributed by atoms with Crippen molar-refractivity contribution in [3.05, 3.63) is 63.7 Å². The van der Waals surface area contributed by atoms with Gasteiger partial charge in [0.25, 0.3) is 0 Å². The van der Waals surface area contributed by atoms with Gasteiger partial charge in [0.05, 0.1) is 31.3 Å². The van der Waals surface area contributed by atoms with Gasteiger partial charge in [-0.25, -0.2) is 0 Å². The van der Waals surface area contributed by atoms with Crippen molar-refractivity contribution < 1.29 is 19.7 Å². The Balaban J connectivity index is 2.21. The highest BCUT2D eigenvalue weighted by Gasteiger charge is 2.25. The molecule has 0 aromatic heterocycles. The summed E-state index contributed by atoms with van der Waals surface area (Å²) < 4.78 is 5.49. The highest BCUT2D eigenvalue weighted by Crippen LogP contribution is 2.31. The number of hydrogen-bond donors (Lipinski definition) is 3. The number of amides is 1. The van der Waals surface area contributed by atoms with Gasteiger partial charge in [0.1, 0.15) is 5.75 Å². The van der Waals surface area contributed by atoms with Crippen LogP contribution in [-0.4, -0.2) is 35.4 Å². The SMILES string of the molecule is CCOc1ccc(Cl)c(CC(=O)NC(CO)Cc2c(C(C)C)cccc2C(C)(C)O)c1.